The maximum Gasteiger partial charge on any atom is 0.138 e. The van der Waals surface area contributed by atoms with E-state index < -0.39 is 5.60 Å². The predicted molar refractivity (Wildman–Crippen MR) is 57.3 cm³/mol. The van der Waals surface area contributed by atoms with E-state index in [1.165, 1.54) is 25.6 Å². The highest BCUT2D eigenvalue weighted by atomic mass is 16.3. The second-order valence-corrected chi connectivity index (χ2v) is 4.97. The van der Waals surface area contributed by atoms with E-state index in [4.69, 9.17) is 0 Å². The summed E-state index contributed by atoms with van der Waals surface area (Å²) in [6, 6.07) is 0. The molecule has 4 heteroatoms. The fourth-order valence-electron chi connectivity index (χ4n) is 2.21. The first-order chi connectivity index (χ1) is 7.07. The fraction of sp³-hybridized carbons (Fsp3) is 0.818. The molecule has 1 fully saturated rings. The van der Waals surface area contributed by atoms with Crippen LogP contribution in [0.1, 0.15) is 38.4 Å². The van der Waals surface area contributed by atoms with Crippen LogP contribution in [0.2, 0.25) is 0 Å². The van der Waals surface area contributed by atoms with Crippen molar-refractivity contribution in [3.05, 3.63) is 12.2 Å². The molecule has 1 heterocycles. The average molecular weight is 209 g/mol. The lowest BCUT2D eigenvalue weighted by Crippen LogP contribution is -2.33. The summed E-state index contributed by atoms with van der Waals surface area (Å²) in [6.45, 7) is 1.90. The minimum absolute atomic E-state index is 0.597. The van der Waals surface area contributed by atoms with E-state index in [0.717, 1.165) is 12.2 Å². The summed E-state index contributed by atoms with van der Waals surface area (Å²) in [6.07, 6.45) is 6.89. The Morgan fingerprint density at radius 3 is 2.80 bits per heavy atom. The molecule has 0 spiro atoms. The highest BCUT2D eigenvalue weighted by Crippen LogP contribution is 2.34. The number of hydrogen-bond donors (Lipinski definition) is 1. The molecule has 2 rings (SSSR count). The van der Waals surface area contributed by atoms with Gasteiger partial charge >= 0.3 is 0 Å². The molecule has 1 unspecified atom stereocenters. The summed E-state index contributed by atoms with van der Waals surface area (Å²) in [5.41, 5.74) is -0.633. The van der Waals surface area contributed by atoms with Gasteiger partial charge in [0.2, 0.25) is 0 Å². The second kappa shape index (κ2) is 3.93. The van der Waals surface area contributed by atoms with E-state index in [9.17, 15) is 5.11 Å². The van der Waals surface area contributed by atoms with Crippen LogP contribution in [0.25, 0.3) is 0 Å². The van der Waals surface area contributed by atoms with Crippen LogP contribution in [0.15, 0.2) is 6.33 Å². The zero-order chi connectivity index (χ0) is 10.9. The van der Waals surface area contributed by atoms with Gasteiger partial charge in [-0.25, -0.2) is 4.98 Å². The number of aliphatic hydroxyl groups is 1. The largest absolute Gasteiger partial charge is 0.390 e. The molecule has 0 radical (unpaired) electrons. The molecule has 1 saturated carbocycles. The zero-order valence-electron chi connectivity index (χ0n) is 9.48. The summed E-state index contributed by atoms with van der Waals surface area (Å²) >= 11 is 0. The Kier molecular flexibility index (Phi) is 2.78. The van der Waals surface area contributed by atoms with Gasteiger partial charge in [0.15, 0.2) is 0 Å². The van der Waals surface area contributed by atoms with E-state index in [-0.39, 0.29) is 0 Å². The second-order valence-electron chi connectivity index (χ2n) is 4.97. The quantitative estimate of drug-likeness (QED) is 0.813. The maximum absolute atomic E-state index is 10.3. The third kappa shape index (κ3) is 2.56. The Balaban J connectivity index is 1.94. The average Bonchev–Trinajstić information content (AvgIpc) is 2.45. The number of aryl methyl sites for hydroxylation is 1. The standard InChI is InChI=1S/C11H19N3O/c1-11(15,6-9-4-3-5-9)7-10-12-8-13-14(10)2/h8-9,15H,3-7H2,1-2H3. The zero-order valence-corrected chi connectivity index (χ0v) is 9.48. The predicted octanol–water partition coefficient (Wildman–Crippen LogP) is 1.30. The van der Waals surface area contributed by atoms with Gasteiger partial charge in [0.25, 0.3) is 0 Å². The molecule has 15 heavy (non-hydrogen) atoms. The van der Waals surface area contributed by atoms with Crippen LogP contribution in [-0.2, 0) is 13.5 Å². The van der Waals surface area contributed by atoms with Crippen molar-refractivity contribution < 1.29 is 5.11 Å². The van der Waals surface area contributed by atoms with Crippen LogP contribution in [0.4, 0.5) is 0 Å². The first kappa shape index (κ1) is 10.6. The van der Waals surface area contributed by atoms with E-state index in [1.807, 2.05) is 14.0 Å². The van der Waals surface area contributed by atoms with Crippen LogP contribution in [0.3, 0.4) is 0 Å². The third-order valence-corrected chi connectivity index (χ3v) is 3.30. The lowest BCUT2D eigenvalue weighted by Gasteiger charge is -2.33. The van der Waals surface area contributed by atoms with Crippen molar-refractivity contribution in [1.29, 1.82) is 0 Å². The van der Waals surface area contributed by atoms with Gasteiger partial charge in [-0.2, -0.15) is 5.10 Å². The van der Waals surface area contributed by atoms with Crippen molar-refractivity contribution >= 4 is 0 Å². The molecular weight excluding hydrogens is 190 g/mol. The minimum Gasteiger partial charge on any atom is -0.390 e. The highest BCUT2D eigenvalue weighted by Gasteiger charge is 2.30. The fourth-order valence-corrected chi connectivity index (χ4v) is 2.21. The van der Waals surface area contributed by atoms with E-state index >= 15 is 0 Å². The van der Waals surface area contributed by atoms with Crippen molar-refractivity contribution in [2.24, 2.45) is 13.0 Å². The Morgan fingerprint density at radius 2 is 2.33 bits per heavy atom. The molecule has 0 aliphatic heterocycles. The molecule has 84 valence electrons. The van der Waals surface area contributed by atoms with Crippen molar-refractivity contribution in [3.8, 4) is 0 Å². The van der Waals surface area contributed by atoms with E-state index in [0.29, 0.717) is 12.3 Å². The molecule has 1 aliphatic carbocycles. The van der Waals surface area contributed by atoms with E-state index in [2.05, 4.69) is 10.1 Å². The van der Waals surface area contributed by atoms with Gasteiger partial charge in [0.1, 0.15) is 12.2 Å². The molecule has 0 amide bonds. The molecule has 0 bridgehead atoms. The number of rotatable bonds is 4. The van der Waals surface area contributed by atoms with Crippen LogP contribution in [0.5, 0.6) is 0 Å². The molecule has 1 aromatic rings. The van der Waals surface area contributed by atoms with E-state index in [1.54, 1.807) is 4.68 Å². The van der Waals surface area contributed by atoms with Gasteiger partial charge in [-0.3, -0.25) is 4.68 Å². The summed E-state index contributed by atoms with van der Waals surface area (Å²) < 4.78 is 1.73. The van der Waals surface area contributed by atoms with Crippen molar-refractivity contribution in [2.75, 3.05) is 0 Å². The minimum atomic E-state index is -0.633. The molecule has 0 saturated heterocycles. The van der Waals surface area contributed by atoms with Crippen LogP contribution >= 0.6 is 0 Å². The van der Waals surface area contributed by atoms with Gasteiger partial charge in [-0.15, -0.1) is 0 Å². The first-order valence-corrected chi connectivity index (χ1v) is 5.62. The summed E-state index contributed by atoms with van der Waals surface area (Å²) in [4.78, 5) is 4.14. The number of aromatic nitrogens is 3. The molecule has 1 aromatic heterocycles. The Bertz CT molecular complexity index is 328. The van der Waals surface area contributed by atoms with Crippen molar-refractivity contribution in [3.63, 3.8) is 0 Å². The van der Waals surface area contributed by atoms with Gasteiger partial charge < -0.3 is 5.11 Å². The molecular formula is C11H19N3O. The first-order valence-electron chi connectivity index (χ1n) is 5.62. The third-order valence-electron chi connectivity index (χ3n) is 3.30. The van der Waals surface area contributed by atoms with Crippen molar-refractivity contribution in [1.82, 2.24) is 14.8 Å². The summed E-state index contributed by atoms with van der Waals surface area (Å²) in [5.74, 6) is 1.58. The molecule has 0 aromatic carbocycles. The number of hydrogen-bond acceptors (Lipinski definition) is 3. The van der Waals surface area contributed by atoms with Gasteiger partial charge in [0.05, 0.1) is 5.60 Å². The van der Waals surface area contributed by atoms with Gasteiger partial charge in [-0.1, -0.05) is 19.3 Å². The lowest BCUT2D eigenvalue weighted by atomic mass is 9.77. The SMILES string of the molecule is Cn1ncnc1CC(C)(O)CC1CCC1. The molecule has 1 aliphatic rings. The Labute approximate surface area is 90.3 Å². The topological polar surface area (TPSA) is 50.9 Å². The molecule has 1 atom stereocenters. The summed E-state index contributed by atoms with van der Waals surface area (Å²) in [7, 11) is 1.86. The van der Waals surface area contributed by atoms with Crippen LogP contribution < -0.4 is 0 Å². The Morgan fingerprint density at radius 1 is 1.60 bits per heavy atom. The van der Waals surface area contributed by atoms with Crippen LogP contribution in [-0.4, -0.2) is 25.5 Å². The smallest absolute Gasteiger partial charge is 0.138 e. The summed E-state index contributed by atoms with van der Waals surface area (Å²) in [5, 5.41) is 14.3. The normalized spacial score (nSPS) is 21.0. The highest BCUT2D eigenvalue weighted by molar-refractivity contribution is 4.93. The number of nitrogens with zero attached hydrogens (tertiary/aromatic N) is 3. The van der Waals surface area contributed by atoms with Crippen LogP contribution in [0, 0.1) is 5.92 Å². The molecule has 1 N–H and O–H groups in total. The lowest BCUT2D eigenvalue weighted by molar-refractivity contribution is 0.0180. The van der Waals surface area contributed by atoms with Gasteiger partial charge in [0, 0.05) is 13.5 Å². The maximum atomic E-state index is 10.3. The Hall–Kier alpha value is -0.900. The van der Waals surface area contributed by atoms with Crippen molar-refractivity contribution in [2.45, 2.75) is 44.6 Å². The monoisotopic (exact) mass is 209 g/mol. The van der Waals surface area contributed by atoms with Gasteiger partial charge in [-0.05, 0) is 19.3 Å². The molecule has 4 nitrogen and oxygen atoms in total.